The van der Waals surface area contributed by atoms with Crippen LogP contribution in [0.4, 0.5) is 0 Å². The highest BCUT2D eigenvalue weighted by atomic mass is 16.5. The highest BCUT2D eigenvalue weighted by Gasteiger charge is 2.48. The number of rotatable bonds is 17. The van der Waals surface area contributed by atoms with Gasteiger partial charge in [-0.1, -0.05) is 81.4 Å². The number of amides is 11. The Morgan fingerprint density at radius 3 is 1.66 bits per heavy atom. The van der Waals surface area contributed by atoms with E-state index in [1.165, 1.54) is 87.7 Å². The first kappa shape index (κ1) is 77.9. The first-order valence-corrected chi connectivity index (χ1v) is 31.6. The molecule has 0 radical (unpaired) electrons. The number of likely N-dealkylation sites (N-methyl/N-ethyl adjacent to an activating group) is 7. The zero-order valence-electron chi connectivity index (χ0n) is 57.1. The lowest BCUT2D eigenvalue weighted by Gasteiger charge is -2.45. The van der Waals surface area contributed by atoms with E-state index in [4.69, 9.17) is 10.5 Å². The lowest BCUT2D eigenvalue weighted by Crippen LogP contribution is -2.65. The fourth-order valence-electron chi connectivity index (χ4n) is 11.8. The van der Waals surface area contributed by atoms with Crippen molar-refractivity contribution in [1.29, 1.82) is 0 Å². The van der Waals surface area contributed by atoms with Gasteiger partial charge in [-0.05, 0) is 116 Å². The largest absolute Gasteiger partial charge is 0.390 e. The lowest BCUT2D eigenvalue weighted by molar-refractivity contribution is -0.161. The molecule has 0 aromatic heterocycles. The average molecular weight is 1250 g/mol. The molecule has 14 atom stereocenters. The van der Waals surface area contributed by atoms with Crippen LogP contribution in [0.2, 0.25) is 0 Å². The summed E-state index contributed by atoms with van der Waals surface area (Å²) in [5.74, 6) is -10.1. The molecule has 0 aromatic rings. The standard InChI is InChI=1S/C63H112N12O13/c1-23-25-28-39(11)53(77)52-56(80)66-44(24-2)59(83)68(16)34-48(76)72(20)51(43(15)88-30-27-26-29-64)55(79)67-49(37(7)8)62(86)69(17)45(31-35(3)4)54(78)65-41(13)57(81)75-40(12)33-47(61(85)73(21)50(38(9)10)63(87)74(52)22)71(19)60(84)46(32-36(5)6)70(18)58(82)42(75)14/h23,25,35-47,49-53,77H,24,26-34,64H2,1-22H3,(H,65,78)(H,66,80)(H,67,79)/b25-23+/t39-,40?,41+,42-,43-,44+,45+,46+,47+,49+,50+,51+,52-,53-/m1/s1. The molecule has 2 bridgehead atoms. The molecule has 502 valence electrons. The quantitative estimate of drug-likeness (QED) is 0.103. The SMILES string of the molecule is C/C=C/C[C@@H](C)[C@@H](O)[C@@H]1C(=O)N[C@@H](CC)C(=O)N(C)CC(=O)N(C)[C@@H]([C@@H](C)OCCCCN)C(=O)N[C@@H](C(C)C)C(=O)N(C)[C@@H](CC(C)C)C(=O)N[C@@H](C)C(=O)N2C(C)C[C@@H](C(=O)N(C)[C@@H](C(C)C)C(=O)N1C)N(C)C(=O)[C@H](CC(C)C)N(C)C(=O)[C@H]2C. The molecule has 2 rings (SSSR count). The van der Waals surface area contributed by atoms with Gasteiger partial charge in [0.1, 0.15) is 60.4 Å². The van der Waals surface area contributed by atoms with Gasteiger partial charge in [-0.2, -0.15) is 0 Å². The Kier molecular flexibility index (Phi) is 31.2. The van der Waals surface area contributed by atoms with Gasteiger partial charge in [0, 0.05) is 62.0 Å². The molecule has 25 heteroatoms. The predicted molar refractivity (Wildman–Crippen MR) is 336 cm³/mol. The number of nitrogens with one attached hydrogen (secondary N) is 3. The maximum Gasteiger partial charge on any atom is 0.246 e. The Morgan fingerprint density at radius 1 is 0.591 bits per heavy atom. The van der Waals surface area contributed by atoms with Gasteiger partial charge < -0.3 is 70.7 Å². The van der Waals surface area contributed by atoms with Crippen LogP contribution < -0.4 is 21.7 Å². The topological polar surface area (TPSA) is 305 Å². The molecule has 0 aliphatic carbocycles. The van der Waals surface area contributed by atoms with Crippen LogP contribution in [0.25, 0.3) is 0 Å². The normalized spacial score (nSPS) is 28.1. The average Bonchev–Trinajstić information content (AvgIpc) is 1.99. The lowest BCUT2D eigenvalue weighted by atomic mass is 9.91. The number of hydrogen-bond donors (Lipinski definition) is 5. The summed E-state index contributed by atoms with van der Waals surface area (Å²) in [6.45, 7) is 25.5. The van der Waals surface area contributed by atoms with Crippen molar-refractivity contribution in [3.8, 4) is 0 Å². The molecule has 2 fully saturated rings. The van der Waals surface area contributed by atoms with Gasteiger partial charge in [0.15, 0.2) is 0 Å². The molecule has 0 saturated carbocycles. The molecule has 2 heterocycles. The summed E-state index contributed by atoms with van der Waals surface area (Å²) < 4.78 is 6.13. The van der Waals surface area contributed by atoms with Crippen LogP contribution >= 0.6 is 0 Å². The number of allylic oxidation sites excluding steroid dienone is 2. The van der Waals surface area contributed by atoms with E-state index in [-0.39, 0.29) is 50.5 Å². The van der Waals surface area contributed by atoms with Crippen LogP contribution in [0.1, 0.15) is 149 Å². The third-order valence-electron chi connectivity index (χ3n) is 17.3. The molecular weight excluding hydrogens is 1130 g/mol. The number of fused-ring (bicyclic) bond motifs is 3. The molecule has 25 nitrogen and oxygen atoms in total. The summed E-state index contributed by atoms with van der Waals surface area (Å²) in [5, 5.41) is 20.6. The van der Waals surface area contributed by atoms with E-state index >= 15 is 14.4 Å². The minimum absolute atomic E-state index is 0.00833. The Balaban J connectivity index is 3.16. The van der Waals surface area contributed by atoms with Crippen LogP contribution in [0.3, 0.4) is 0 Å². The summed E-state index contributed by atoms with van der Waals surface area (Å²) >= 11 is 0. The van der Waals surface area contributed by atoms with Crippen LogP contribution in [0, 0.1) is 29.6 Å². The number of aliphatic hydroxyl groups is 1. The molecule has 88 heavy (non-hydrogen) atoms. The van der Waals surface area contributed by atoms with Gasteiger partial charge >= 0.3 is 0 Å². The number of unbranched alkanes of at least 4 members (excludes halogenated alkanes) is 1. The fraction of sp³-hybridized carbons (Fsp3) is 0.794. The number of ether oxygens (including phenoxy) is 1. The van der Waals surface area contributed by atoms with E-state index in [2.05, 4.69) is 16.0 Å². The molecule has 1 unspecified atom stereocenters. The zero-order chi connectivity index (χ0) is 67.7. The minimum Gasteiger partial charge on any atom is -0.390 e. The van der Waals surface area contributed by atoms with Crippen LogP contribution in [0.15, 0.2) is 12.2 Å². The second kappa shape index (κ2) is 35.3. The number of aliphatic hydroxyl groups excluding tert-OH is 1. The van der Waals surface area contributed by atoms with E-state index in [1.807, 2.05) is 27.7 Å². The van der Waals surface area contributed by atoms with E-state index in [0.717, 1.165) is 14.7 Å². The third-order valence-corrected chi connectivity index (χ3v) is 17.3. The molecular formula is C63H112N12O13. The molecule has 0 aromatic carbocycles. The second-order valence-electron chi connectivity index (χ2n) is 26.1. The van der Waals surface area contributed by atoms with Crippen molar-refractivity contribution < 1.29 is 62.6 Å². The monoisotopic (exact) mass is 1240 g/mol. The summed E-state index contributed by atoms with van der Waals surface area (Å²) in [7, 11) is 9.75. The Labute approximate surface area is 524 Å². The predicted octanol–water partition coefficient (Wildman–Crippen LogP) is 1.83. The van der Waals surface area contributed by atoms with Gasteiger partial charge in [0.25, 0.3) is 0 Å². The zero-order valence-corrected chi connectivity index (χ0v) is 57.1. The molecule has 2 aliphatic rings. The maximum absolute atomic E-state index is 15.5. The van der Waals surface area contributed by atoms with Gasteiger partial charge in [0.05, 0.1) is 18.8 Å². The summed E-state index contributed by atoms with van der Waals surface area (Å²) in [4.78, 5) is 174. The highest BCUT2D eigenvalue weighted by molar-refractivity contribution is 6.00. The van der Waals surface area contributed by atoms with Crippen molar-refractivity contribution in [3.05, 3.63) is 12.2 Å². The number of nitrogens with two attached hydrogens (primary N) is 1. The van der Waals surface area contributed by atoms with Crippen molar-refractivity contribution in [2.45, 2.75) is 227 Å². The molecule has 2 aliphatic heterocycles. The summed E-state index contributed by atoms with van der Waals surface area (Å²) in [6.07, 6.45) is 2.49. The van der Waals surface area contributed by atoms with Crippen molar-refractivity contribution in [1.82, 2.24) is 55.1 Å². The van der Waals surface area contributed by atoms with Gasteiger partial charge in [-0.15, -0.1) is 0 Å². The summed E-state index contributed by atoms with van der Waals surface area (Å²) in [5.41, 5.74) is 5.75. The first-order chi connectivity index (χ1) is 40.9. The van der Waals surface area contributed by atoms with Crippen molar-refractivity contribution in [2.24, 2.45) is 35.3 Å². The molecule has 6 N–H and O–H groups in total. The van der Waals surface area contributed by atoms with Crippen molar-refractivity contribution in [2.75, 3.05) is 69.0 Å². The van der Waals surface area contributed by atoms with Crippen molar-refractivity contribution in [3.63, 3.8) is 0 Å². The van der Waals surface area contributed by atoms with Crippen LogP contribution in [-0.4, -0.2) is 257 Å². The first-order valence-electron chi connectivity index (χ1n) is 31.6. The van der Waals surface area contributed by atoms with Gasteiger partial charge in [-0.25, -0.2) is 0 Å². The maximum atomic E-state index is 15.5. The fourth-order valence-corrected chi connectivity index (χ4v) is 11.8. The summed E-state index contributed by atoms with van der Waals surface area (Å²) in [6, 6.07) is -14.3. The Hall–Kier alpha value is -6.21. The van der Waals surface area contributed by atoms with E-state index in [9.17, 15) is 43.5 Å². The van der Waals surface area contributed by atoms with Gasteiger partial charge in [0.2, 0.25) is 65.0 Å². The van der Waals surface area contributed by atoms with E-state index < -0.39 is 168 Å². The van der Waals surface area contributed by atoms with Crippen LogP contribution in [0.5, 0.6) is 0 Å². The molecule has 2 saturated heterocycles. The van der Waals surface area contributed by atoms with Crippen molar-refractivity contribution >= 4 is 65.0 Å². The molecule has 11 amide bonds. The molecule has 0 spiro atoms. The van der Waals surface area contributed by atoms with Gasteiger partial charge in [-0.3, -0.25) is 52.7 Å². The number of nitrogens with zero attached hydrogens (tertiary/aromatic N) is 8. The third kappa shape index (κ3) is 19.9. The Bertz CT molecular complexity index is 2440. The minimum atomic E-state index is -1.66. The highest BCUT2D eigenvalue weighted by Crippen LogP contribution is 2.28. The Morgan fingerprint density at radius 2 is 1.14 bits per heavy atom. The van der Waals surface area contributed by atoms with E-state index in [1.54, 1.807) is 74.5 Å². The van der Waals surface area contributed by atoms with E-state index in [0.29, 0.717) is 19.4 Å². The number of carbonyl (C=O) groups excluding carboxylic acids is 11. The second-order valence-corrected chi connectivity index (χ2v) is 26.1. The number of hydrogen-bond acceptors (Lipinski definition) is 14. The number of carbonyl (C=O) groups is 11. The van der Waals surface area contributed by atoms with Crippen LogP contribution in [-0.2, 0) is 57.5 Å². The smallest absolute Gasteiger partial charge is 0.246 e.